The third-order valence-electron chi connectivity index (χ3n) is 5.82. The third kappa shape index (κ3) is 3.66. The standard InChI is InChI=1S/C25H27FN2/c1-16-8-4-6-10-21(16)24-14-19-9-5-7-11-22(19)25(28-24)27-18(3)23-15-20(26)13-12-17(23)2/h4,6,8,10,12-15,18H,5,7,9,11H2,1-3H3,(H,27,28). The molecule has 2 aromatic carbocycles. The van der Waals surface area contributed by atoms with Crippen molar-refractivity contribution in [2.24, 2.45) is 0 Å². The molecule has 3 aromatic rings. The summed E-state index contributed by atoms with van der Waals surface area (Å²) in [7, 11) is 0. The summed E-state index contributed by atoms with van der Waals surface area (Å²) in [5.74, 6) is 0.754. The molecule has 0 saturated carbocycles. The molecule has 0 aliphatic heterocycles. The van der Waals surface area contributed by atoms with Gasteiger partial charge >= 0.3 is 0 Å². The number of hydrogen-bond donors (Lipinski definition) is 1. The lowest BCUT2D eigenvalue weighted by molar-refractivity contribution is 0.622. The second-order valence-electron chi connectivity index (χ2n) is 7.88. The fraction of sp³-hybridized carbons (Fsp3) is 0.320. The molecule has 1 aliphatic carbocycles. The van der Waals surface area contributed by atoms with E-state index in [-0.39, 0.29) is 11.9 Å². The van der Waals surface area contributed by atoms with E-state index in [1.807, 2.05) is 13.0 Å². The molecule has 0 spiro atoms. The van der Waals surface area contributed by atoms with Crippen molar-refractivity contribution in [2.45, 2.75) is 52.5 Å². The minimum atomic E-state index is -0.196. The summed E-state index contributed by atoms with van der Waals surface area (Å²) < 4.78 is 13.8. The lowest BCUT2D eigenvalue weighted by Gasteiger charge is -2.24. The van der Waals surface area contributed by atoms with Crippen LogP contribution in [0.2, 0.25) is 0 Å². The van der Waals surface area contributed by atoms with Crippen molar-refractivity contribution in [1.82, 2.24) is 4.98 Å². The van der Waals surface area contributed by atoms with E-state index < -0.39 is 0 Å². The van der Waals surface area contributed by atoms with Gasteiger partial charge in [-0.1, -0.05) is 30.3 Å². The molecule has 1 N–H and O–H groups in total. The first-order chi connectivity index (χ1) is 13.5. The predicted molar refractivity (Wildman–Crippen MR) is 114 cm³/mol. The molecule has 0 fully saturated rings. The molecule has 1 heterocycles. The van der Waals surface area contributed by atoms with E-state index in [1.165, 1.54) is 41.2 Å². The van der Waals surface area contributed by atoms with E-state index in [1.54, 1.807) is 6.07 Å². The summed E-state index contributed by atoms with van der Waals surface area (Å²) in [5.41, 5.74) is 8.20. The van der Waals surface area contributed by atoms with Crippen LogP contribution in [0.25, 0.3) is 11.3 Å². The van der Waals surface area contributed by atoms with Crippen LogP contribution in [-0.2, 0) is 12.8 Å². The Balaban J connectivity index is 1.76. The van der Waals surface area contributed by atoms with Crippen molar-refractivity contribution >= 4 is 5.82 Å². The van der Waals surface area contributed by atoms with Crippen LogP contribution in [-0.4, -0.2) is 4.98 Å². The molecule has 0 bridgehead atoms. The summed E-state index contributed by atoms with van der Waals surface area (Å²) in [6.07, 6.45) is 4.56. The van der Waals surface area contributed by atoms with Crippen molar-refractivity contribution in [2.75, 3.05) is 5.32 Å². The van der Waals surface area contributed by atoms with Gasteiger partial charge in [0.2, 0.25) is 0 Å². The van der Waals surface area contributed by atoms with E-state index in [9.17, 15) is 4.39 Å². The predicted octanol–water partition coefficient (Wildman–Crippen LogP) is 6.56. The summed E-state index contributed by atoms with van der Waals surface area (Å²) >= 11 is 0. The van der Waals surface area contributed by atoms with Gasteiger partial charge in [-0.3, -0.25) is 0 Å². The number of pyridine rings is 1. The molecule has 0 radical (unpaired) electrons. The summed E-state index contributed by atoms with van der Waals surface area (Å²) in [6.45, 7) is 6.24. The Labute approximate surface area is 166 Å². The highest BCUT2D eigenvalue weighted by atomic mass is 19.1. The van der Waals surface area contributed by atoms with Gasteiger partial charge in [-0.05, 0) is 92.5 Å². The molecule has 1 atom stereocenters. The zero-order chi connectivity index (χ0) is 19.7. The van der Waals surface area contributed by atoms with Crippen molar-refractivity contribution in [3.8, 4) is 11.3 Å². The number of aryl methyl sites for hydroxylation is 3. The maximum absolute atomic E-state index is 13.8. The van der Waals surface area contributed by atoms with Crippen molar-refractivity contribution in [1.29, 1.82) is 0 Å². The maximum Gasteiger partial charge on any atom is 0.130 e. The molecular weight excluding hydrogens is 347 g/mol. The van der Waals surface area contributed by atoms with Gasteiger partial charge in [-0.15, -0.1) is 0 Å². The minimum Gasteiger partial charge on any atom is -0.363 e. The van der Waals surface area contributed by atoms with E-state index in [4.69, 9.17) is 4.98 Å². The molecule has 0 amide bonds. The lowest BCUT2D eigenvalue weighted by atomic mass is 9.90. The quantitative estimate of drug-likeness (QED) is 0.559. The first-order valence-electron chi connectivity index (χ1n) is 10.1. The Morgan fingerprint density at radius 1 is 0.964 bits per heavy atom. The average molecular weight is 375 g/mol. The zero-order valence-corrected chi connectivity index (χ0v) is 16.8. The normalized spacial score (nSPS) is 14.4. The second-order valence-corrected chi connectivity index (χ2v) is 7.88. The highest BCUT2D eigenvalue weighted by molar-refractivity contribution is 5.68. The van der Waals surface area contributed by atoms with Gasteiger partial charge in [-0.2, -0.15) is 0 Å². The van der Waals surface area contributed by atoms with Crippen molar-refractivity contribution < 1.29 is 4.39 Å². The highest BCUT2D eigenvalue weighted by Gasteiger charge is 2.20. The van der Waals surface area contributed by atoms with Crippen LogP contribution < -0.4 is 5.32 Å². The number of nitrogens with zero attached hydrogens (tertiary/aromatic N) is 1. The number of anilines is 1. The van der Waals surface area contributed by atoms with Crippen LogP contribution >= 0.6 is 0 Å². The minimum absolute atomic E-state index is 0.0126. The Hall–Kier alpha value is -2.68. The Bertz CT molecular complexity index is 1010. The van der Waals surface area contributed by atoms with E-state index in [0.717, 1.165) is 35.5 Å². The Kier molecular flexibility index (Phi) is 5.17. The van der Waals surface area contributed by atoms with E-state index in [0.29, 0.717) is 0 Å². The van der Waals surface area contributed by atoms with Crippen LogP contribution in [0.15, 0.2) is 48.5 Å². The molecule has 1 aliphatic rings. The third-order valence-corrected chi connectivity index (χ3v) is 5.82. The van der Waals surface area contributed by atoms with Crippen molar-refractivity contribution in [3.05, 3.63) is 82.2 Å². The number of halogens is 1. The first kappa shape index (κ1) is 18.7. The number of nitrogens with one attached hydrogen (secondary N) is 1. The molecule has 1 unspecified atom stereocenters. The fourth-order valence-electron chi connectivity index (χ4n) is 4.22. The summed E-state index contributed by atoms with van der Waals surface area (Å²) in [6, 6.07) is 15.6. The summed E-state index contributed by atoms with van der Waals surface area (Å²) in [4.78, 5) is 5.03. The Morgan fingerprint density at radius 2 is 1.75 bits per heavy atom. The SMILES string of the molecule is Cc1ccccc1-c1cc2c(c(NC(C)c3cc(F)ccc3C)n1)CCCC2. The summed E-state index contributed by atoms with van der Waals surface area (Å²) in [5, 5.41) is 3.61. The van der Waals surface area contributed by atoms with Gasteiger partial charge in [0.05, 0.1) is 11.7 Å². The van der Waals surface area contributed by atoms with E-state index in [2.05, 4.69) is 49.5 Å². The van der Waals surface area contributed by atoms with Crippen molar-refractivity contribution in [3.63, 3.8) is 0 Å². The topological polar surface area (TPSA) is 24.9 Å². The first-order valence-corrected chi connectivity index (χ1v) is 10.1. The number of hydrogen-bond acceptors (Lipinski definition) is 2. The molecular formula is C25H27FN2. The number of benzene rings is 2. The zero-order valence-electron chi connectivity index (χ0n) is 16.8. The molecule has 144 valence electrons. The van der Waals surface area contributed by atoms with Gasteiger partial charge in [-0.25, -0.2) is 9.37 Å². The van der Waals surface area contributed by atoms with Gasteiger partial charge in [0.25, 0.3) is 0 Å². The van der Waals surface area contributed by atoms with Gasteiger partial charge in [0, 0.05) is 5.56 Å². The number of aromatic nitrogens is 1. The maximum atomic E-state index is 13.8. The van der Waals surface area contributed by atoms with Crippen LogP contribution in [0.5, 0.6) is 0 Å². The highest BCUT2D eigenvalue weighted by Crippen LogP contribution is 2.34. The van der Waals surface area contributed by atoms with Crippen LogP contribution in [0.1, 0.15) is 53.6 Å². The number of fused-ring (bicyclic) bond motifs is 1. The molecule has 1 aromatic heterocycles. The molecule has 4 rings (SSSR count). The van der Waals surface area contributed by atoms with E-state index >= 15 is 0 Å². The largest absolute Gasteiger partial charge is 0.363 e. The Morgan fingerprint density at radius 3 is 2.57 bits per heavy atom. The second kappa shape index (κ2) is 7.75. The van der Waals surface area contributed by atoms with Gasteiger partial charge in [0.15, 0.2) is 0 Å². The molecule has 3 heteroatoms. The molecule has 0 saturated heterocycles. The van der Waals surface area contributed by atoms with Gasteiger partial charge < -0.3 is 5.32 Å². The average Bonchev–Trinajstić information content (AvgIpc) is 2.70. The molecule has 28 heavy (non-hydrogen) atoms. The number of rotatable bonds is 4. The molecule has 2 nitrogen and oxygen atoms in total. The van der Waals surface area contributed by atoms with Crippen LogP contribution in [0, 0.1) is 19.7 Å². The van der Waals surface area contributed by atoms with Crippen LogP contribution in [0.4, 0.5) is 10.2 Å². The lowest BCUT2D eigenvalue weighted by Crippen LogP contribution is -2.15. The smallest absolute Gasteiger partial charge is 0.130 e. The monoisotopic (exact) mass is 374 g/mol. The van der Waals surface area contributed by atoms with Gasteiger partial charge in [0.1, 0.15) is 11.6 Å². The fourth-order valence-corrected chi connectivity index (χ4v) is 4.22. The van der Waals surface area contributed by atoms with Crippen LogP contribution in [0.3, 0.4) is 0 Å².